The highest BCUT2D eigenvalue weighted by molar-refractivity contribution is 9.10. The number of rotatable bonds is 3. The molecule has 1 rings (SSSR count). The quantitative estimate of drug-likeness (QED) is 0.342. The van der Waals surface area contributed by atoms with Crippen molar-refractivity contribution in [3.63, 3.8) is 0 Å². The highest BCUT2D eigenvalue weighted by Gasteiger charge is 2.31. The zero-order chi connectivity index (χ0) is 14.6. The Kier molecular flexibility index (Phi) is 4.76. The number of carbonyl (C=O) groups is 1. The summed E-state index contributed by atoms with van der Waals surface area (Å²) in [5, 5.41) is 13.4. The molecule has 0 atom stereocenters. The third-order valence-corrected chi connectivity index (χ3v) is 2.49. The topological polar surface area (TPSA) is 87.7 Å². The molecule has 0 radical (unpaired) electrons. The molecule has 0 aliphatic heterocycles. The van der Waals surface area contributed by atoms with Crippen LogP contribution >= 0.6 is 15.9 Å². The van der Waals surface area contributed by atoms with Crippen LogP contribution in [-0.2, 0) is 4.79 Å². The number of alkyl halides is 3. The van der Waals surface area contributed by atoms with Gasteiger partial charge >= 0.3 is 6.18 Å². The van der Waals surface area contributed by atoms with E-state index in [2.05, 4.69) is 26.4 Å². The Morgan fingerprint density at radius 2 is 2.11 bits per heavy atom. The number of oxime groups is 1. The molecule has 0 unspecified atom stereocenters. The SMILES string of the molecule is N/C(=N/O)c1cc(Br)ccc1NC(=O)CC(F)(F)F. The van der Waals surface area contributed by atoms with E-state index < -0.39 is 18.5 Å². The fourth-order valence-corrected chi connectivity index (χ4v) is 1.63. The first kappa shape index (κ1) is 15.3. The molecular formula is C10H9BrF3N3O2. The average molecular weight is 340 g/mol. The van der Waals surface area contributed by atoms with Crippen molar-refractivity contribution >= 4 is 33.4 Å². The van der Waals surface area contributed by atoms with Gasteiger partial charge in [0, 0.05) is 10.0 Å². The summed E-state index contributed by atoms with van der Waals surface area (Å²) in [7, 11) is 0. The molecule has 4 N–H and O–H groups in total. The van der Waals surface area contributed by atoms with E-state index in [4.69, 9.17) is 10.9 Å². The first-order valence-electron chi connectivity index (χ1n) is 4.87. The lowest BCUT2D eigenvalue weighted by atomic mass is 10.1. The summed E-state index contributed by atoms with van der Waals surface area (Å²) < 4.78 is 36.7. The molecule has 9 heteroatoms. The Morgan fingerprint density at radius 3 is 2.63 bits per heavy atom. The van der Waals surface area contributed by atoms with Gasteiger partial charge in [-0.1, -0.05) is 21.1 Å². The van der Waals surface area contributed by atoms with Crippen LogP contribution in [0.25, 0.3) is 0 Å². The molecule has 5 nitrogen and oxygen atoms in total. The molecule has 0 spiro atoms. The van der Waals surface area contributed by atoms with Crippen molar-refractivity contribution in [2.45, 2.75) is 12.6 Å². The lowest BCUT2D eigenvalue weighted by Crippen LogP contribution is -2.23. The Hall–Kier alpha value is -1.77. The van der Waals surface area contributed by atoms with E-state index in [1.807, 2.05) is 0 Å². The maximum Gasteiger partial charge on any atom is 0.397 e. The van der Waals surface area contributed by atoms with E-state index in [1.165, 1.54) is 18.2 Å². The molecule has 1 aromatic rings. The molecule has 1 amide bonds. The Labute approximate surface area is 114 Å². The van der Waals surface area contributed by atoms with Gasteiger partial charge in [0.05, 0.1) is 5.69 Å². The number of amidine groups is 1. The number of nitrogens with two attached hydrogens (primary N) is 1. The largest absolute Gasteiger partial charge is 0.409 e. The minimum Gasteiger partial charge on any atom is -0.409 e. The maximum atomic E-state index is 12.0. The van der Waals surface area contributed by atoms with Crippen LogP contribution in [0.3, 0.4) is 0 Å². The molecule has 1 aromatic carbocycles. The summed E-state index contributed by atoms with van der Waals surface area (Å²) in [6, 6.07) is 4.24. The van der Waals surface area contributed by atoms with Crippen molar-refractivity contribution in [3.05, 3.63) is 28.2 Å². The van der Waals surface area contributed by atoms with Crippen LogP contribution in [-0.4, -0.2) is 23.1 Å². The van der Waals surface area contributed by atoms with Crippen molar-refractivity contribution in [2.75, 3.05) is 5.32 Å². The molecule has 0 saturated heterocycles. The van der Waals surface area contributed by atoms with E-state index in [9.17, 15) is 18.0 Å². The third kappa shape index (κ3) is 4.78. The van der Waals surface area contributed by atoms with Gasteiger partial charge < -0.3 is 16.3 Å². The minimum atomic E-state index is -4.60. The predicted octanol–water partition coefficient (Wildman–Crippen LogP) is 2.43. The molecule has 0 bridgehead atoms. The van der Waals surface area contributed by atoms with Crippen LogP contribution in [0, 0.1) is 0 Å². The summed E-state index contributed by atoms with van der Waals surface area (Å²) in [5.74, 6) is -1.56. The van der Waals surface area contributed by atoms with E-state index in [1.54, 1.807) is 0 Å². The van der Waals surface area contributed by atoms with Crippen LogP contribution in [0.2, 0.25) is 0 Å². The van der Waals surface area contributed by atoms with Crippen LogP contribution in [0.1, 0.15) is 12.0 Å². The first-order valence-corrected chi connectivity index (χ1v) is 5.66. The van der Waals surface area contributed by atoms with Gasteiger partial charge in [-0.05, 0) is 18.2 Å². The van der Waals surface area contributed by atoms with Crippen LogP contribution in [0.4, 0.5) is 18.9 Å². The van der Waals surface area contributed by atoms with Crippen LogP contribution in [0.15, 0.2) is 27.8 Å². The van der Waals surface area contributed by atoms with Gasteiger partial charge in [-0.2, -0.15) is 13.2 Å². The van der Waals surface area contributed by atoms with Gasteiger partial charge in [-0.25, -0.2) is 0 Å². The number of nitrogens with one attached hydrogen (secondary N) is 1. The van der Waals surface area contributed by atoms with Gasteiger partial charge in [0.2, 0.25) is 5.91 Å². The van der Waals surface area contributed by atoms with Gasteiger partial charge in [0.25, 0.3) is 0 Å². The molecule has 19 heavy (non-hydrogen) atoms. The number of benzene rings is 1. The highest BCUT2D eigenvalue weighted by atomic mass is 79.9. The van der Waals surface area contributed by atoms with Crippen molar-refractivity contribution < 1.29 is 23.2 Å². The lowest BCUT2D eigenvalue weighted by molar-refractivity contribution is -0.150. The second-order valence-electron chi connectivity index (χ2n) is 3.52. The van der Waals surface area contributed by atoms with E-state index >= 15 is 0 Å². The van der Waals surface area contributed by atoms with Crippen LogP contribution in [0.5, 0.6) is 0 Å². The second kappa shape index (κ2) is 5.91. The van der Waals surface area contributed by atoms with E-state index in [0.29, 0.717) is 4.47 Å². The zero-order valence-corrected chi connectivity index (χ0v) is 10.9. The molecule has 0 saturated carbocycles. The zero-order valence-electron chi connectivity index (χ0n) is 9.33. The van der Waals surface area contributed by atoms with Crippen molar-refractivity contribution in [1.82, 2.24) is 0 Å². The number of anilines is 1. The fraction of sp³-hybridized carbons (Fsp3) is 0.200. The number of amides is 1. The third-order valence-electron chi connectivity index (χ3n) is 2.00. The van der Waals surface area contributed by atoms with Gasteiger partial charge in [-0.3, -0.25) is 4.79 Å². The summed E-state index contributed by atoms with van der Waals surface area (Å²) in [6.45, 7) is 0. The number of carbonyl (C=O) groups excluding carboxylic acids is 1. The standard InChI is InChI=1S/C10H9BrF3N3O2/c11-5-1-2-7(6(3-5)9(15)17-19)16-8(18)4-10(12,13)14/h1-3,19H,4H2,(H2,15,17)(H,16,18). The molecule has 0 heterocycles. The van der Waals surface area contributed by atoms with E-state index in [-0.39, 0.29) is 17.1 Å². The normalized spacial score (nSPS) is 12.3. The first-order chi connectivity index (χ1) is 8.73. The molecule has 0 aliphatic carbocycles. The molecule has 0 aliphatic rings. The second-order valence-corrected chi connectivity index (χ2v) is 4.43. The van der Waals surface area contributed by atoms with E-state index in [0.717, 1.165) is 0 Å². The number of nitrogens with zero attached hydrogens (tertiary/aromatic N) is 1. The average Bonchev–Trinajstić information content (AvgIpc) is 2.28. The smallest absolute Gasteiger partial charge is 0.397 e. The predicted molar refractivity (Wildman–Crippen MR) is 66.0 cm³/mol. The Morgan fingerprint density at radius 1 is 1.47 bits per heavy atom. The summed E-state index contributed by atoms with van der Waals surface area (Å²) in [5.41, 5.74) is 5.50. The van der Waals surface area contributed by atoms with Crippen LogP contribution < -0.4 is 11.1 Å². The molecule has 0 fully saturated rings. The van der Waals surface area contributed by atoms with Crippen molar-refractivity contribution in [1.29, 1.82) is 0 Å². The monoisotopic (exact) mass is 339 g/mol. The van der Waals surface area contributed by atoms with Gasteiger partial charge in [-0.15, -0.1) is 0 Å². The minimum absolute atomic E-state index is 0.0211. The molecule has 0 aromatic heterocycles. The Balaban J connectivity index is 2.98. The lowest BCUT2D eigenvalue weighted by Gasteiger charge is -2.11. The summed E-state index contributed by atoms with van der Waals surface area (Å²) in [6.07, 6.45) is -6.21. The number of halogens is 4. The molecule has 104 valence electrons. The Bertz CT molecular complexity index is 517. The fourth-order valence-electron chi connectivity index (χ4n) is 1.27. The maximum absolute atomic E-state index is 12.0. The highest BCUT2D eigenvalue weighted by Crippen LogP contribution is 2.24. The summed E-state index contributed by atoms with van der Waals surface area (Å²) >= 11 is 3.12. The number of hydrogen-bond acceptors (Lipinski definition) is 3. The van der Waals surface area contributed by atoms with Gasteiger partial charge in [0.1, 0.15) is 6.42 Å². The number of hydrogen-bond donors (Lipinski definition) is 3. The molecular weight excluding hydrogens is 331 g/mol. The summed E-state index contributed by atoms with van der Waals surface area (Å²) in [4.78, 5) is 11.2. The van der Waals surface area contributed by atoms with Crippen molar-refractivity contribution in [3.8, 4) is 0 Å². The van der Waals surface area contributed by atoms with Gasteiger partial charge in [0.15, 0.2) is 5.84 Å². The van der Waals surface area contributed by atoms with Crippen molar-refractivity contribution in [2.24, 2.45) is 10.9 Å².